The van der Waals surface area contributed by atoms with Crippen LogP contribution in [0, 0.1) is 46.3 Å². The number of allylic oxidation sites excluding steroid dienone is 1. The lowest BCUT2D eigenvalue weighted by Gasteiger charge is -2.43. The molecule has 0 aromatic rings. The molecule has 0 saturated heterocycles. The van der Waals surface area contributed by atoms with E-state index in [9.17, 15) is 0 Å². The molecule has 0 aliphatic carbocycles. The van der Waals surface area contributed by atoms with Gasteiger partial charge in [0.25, 0.3) is 0 Å². The van der Waals surface area contributed by atoms with E-state index in [4.69, 9.17) is 0 Å². The second-order valence-electron chi connectivity index (χ2n) is 11.5. The van der Waals surface area contributed by atoms with Crippen LogP contribution in [-0.4, -0.2) is 0 Å². The van der Waals surface area contributed by atoms with Crippen molar-refractivity contribution in [2.24, 2.45) is 46.3 Å². The van der Waals surface area contributed by atoms with Crippen LogP contribution in [-0.2, 0) is 0 Å². The van der Waals surface area contributed by atoms with Gasteiger partial charge in [-0.1, -0.05) is 101 Å². The molecule has 0 fully saturated rings. The summed E-state index contributed by atoms with van der Waals surface area (Å²) in [7, 11) is 0. The van der Waals surface area contributed by atoms with Gasteiger partial charge in [0.15, 0.2) is 0 Å². The SMILES string of the molecule is C=CC(CC(CC(C)(CC)CC(C)(C)C(C)C)C(C)CCC)C(C)C(C)C. The molecule has 0 aromatic heterocycles. The molecule has 162 valence electrons. The molecular formula is C27H54. The maximum Gasteiger partial charge on any atom is -0.0205 e. The van der Waals surface area contributed by atoms with Gasteiger partial charge in [-0.3, -0.25) is 0 Å². The van der Waals surface area contributed by atoms with Gasteiger partial charge in [0.05, 0.1) is 0 Å². The van der Waals surface area contributed by atoms with Crippen LogP contribution in [0.15, 0.2) is 12.7 Å². The van der Waals surface area contributed by atoms with Crippen molar-refractivity contribution in [3.63, 3.8) is 0 Å². The Labute approximate surface area is 174 Å². The third-order valence-corrected chi connectivity index (χ3v) is 8.21. The molecule has 0 aliphatic heterocycles. The van der Waals surface area contributed by atoms with Crippen molar-refractivity contribution in [3.05, 3.63) is 12.7 Å². The lowest BCUT2D eigenvalue weighted by atomic mass is 9.62. The van der Waals surface area contributed by atoms with Gasteiger partial charge in [-0.15, -0.1) is 6.58 Å². The topological polar surface area (TPSA) is 0 Å². The smallest absolute Gasteiger partial charge is 0.0205 e. The summed E-state index contributed by atoms with van der Waals surface area (Å²) in [6, 6.07) is 0. The van der Waals surface area contributed by atoms with E-state index in [-0.39, 0.29) is 0 Å². The van der Waals surface area contributed by atoms with Crippen molar-refractivity contribution in [1.82, 2.24) is 0 Å². The Morgan fingerprint density at radius 3 is 1.85 bits per heavy atom. The van der Waals surface area contributed by atoms with Gasteiger partial charge in [-0.25, -0.2) is 0 Å². The summed E-state index contributed by atoms with van der Waals surface area (Å²) < 4.78 is 0. The van der Waals surface area contributed by atoms with Crippen LogP contribution in [0.5, 0.6) is 0 Å². The van der Waals surface area contributed by atoms with Crippen LogP contribution in [0.4, 0.5) is 0 Å². The Bertz CT molecular complexity index is 402. The van der Waals surface area contributed by atoms with Crippen molar-refractivity contribution in [2.75, 3.05) is 0 Å². The average Bonchev–Trinajstić information content (AvgIpc) is 2.57. The summed E-state index contributed by atoms with van der Waals surface area (Å²) in [6.45, 7) is 31.0. The zero-order chi connectivity index (χ0) is 21.4. The van der Waals surface area contributed by atoms with E-state index in [1.807, 2.05) is 0 Å². The third kappa shape index (κ3) is 8.74. The van der Waals surface area contributed by atoms with Gasteiger partial charge in [0.2, 0.25) is 0 Å². The zero-order valence-electron chi connectivity index (χ0n) is 21.0. The van der Waals surface area contributed by atoms with Crippen LogP contribution in [0.2, 0.25) is 0 Å². The standard InChI is InChI=1S/C27H54/c1-13-16-22(8)25(17-24(14-2)23(9)20(4)5)18-27(12,15-3)19-26(10,11)21(6)7/h14,20-25H,2,13,15-19H2,1,3-12H3. The summed E-state index contributed by atoms with van der Waals surface area (Å²) in [5.74, 6) is 4.45. The van der Waals surface area contributed by atoms with E-state index in [0.717, 1.165) is 29.6 Å². The Balaban J connectivity index is 5.52. The summed E-state index contributed by atoms with van der Waals surface area (Å²) in [6.07, 6.45) is 10.2. The highest BCUT2D eigenvalue weighted by Gasteiger charge is 2.36. The number of hydrogen-bond acceptors (Lipinski definition) is 0. The highest BCUT2D eigenvalue weighted by Crippen LogP contribution is 2.47. The van der Waals surface area contributed by atoms with Gasteiger partial charge < -0.3 is 0 Å². The molecule has 0 N–H and O–H groups in total. The Morgan fingerprint density at radius 1 is 0.926 bits per heavy atom. The minimum atomic E-state index is 0.409. The first-order chi connectivity index (χ1) is 12.3. The monoisotopic (exact) mass is 378 g/mol. The quantitative estimate of drug-likeness (QED) is 0.264. The molecule has 27 heavy (non-hydrogen) atoms. The maximum absolute atomic E-state index is 4.22. The zero-order valence-corrected chi connectivity index (χ0v) is 21.0. The van der Waals surface area contributed by atoms with E-state index >= 15 is 0 Å². The van der Waals surface area contributed by atoms with Gasteiger partial charge in [-0.2, -0.15) is 0 Å². The Kier molecular flexibility index (Phi) is 11.6. The first-order valence-electron chi connectivity index (χ1n) is 12.0. The second-order valence-corrected chi connectivity index (χ2v) is 11.5. The lowest BCUT2D eigenvalue weighted by molar-refractivity contribution is 0.0767. The van der Waals surface area contributed by atoms with E-state index in [2.05, 4.69) is 88.8 Å². The summed E-state index contributed by atoms with van der Waals surface area (Å²) in [5, 5.41) is 0. The molecule has 0 spiro atoms. The Morgan fingerprint density at radius 2 is 1.48 bits per heavy atom. The van der Waals surface area contributed by atoms with Crippen molar-refractivity contribution in [1.29, 1.82) is 0 Å². The predicted molar refractivity (Wildman–Crippen MR) is 126 cm³/mol. The molecule has 0 amide bonds. The summed E-state index contributed by atoms with van der Waals surface area (Å²) in [5.41, 5.74) is 0.847. The Hall–Kier alpha value is -0.260. The van der Waals surface area contributed by atoms with Crippen LogP contribution < -0.4 is 0 Å². The van der Waals surface area contributed by atoms with Crippen LogP contribution in [0.25, 0.3) is 0 Å². The van der Waals surface area contributed by atoms with E-state index in [0.29, 0.717) is 16.7 Å². The molecule has 0 saturated carbocycles. The normalized spacial score (nSPS) is 19.6. The molecule has 0 bridgehead atoms. The molecule has 0 aliphatic rings. The first-order valence-corrected chi connectivity index (χ1v) is 12.0. The van der Waals surface area contributed by atoms with Crippen molar-refractivity contribution in [3.8, 4) is 0 Å². The minimum absolute atomic E-state index is 0.409. The van der Waals surface area contributed by atoms with Gasteiger partial charge in [-0.05, 0) is 65.6 Å². The molecular weight excluding hydrogens is 324 g/mol. The summed E-state index contributed by atoms with van der Waals surface area (Å²) in [4.78, 5) is 0. The molecule has 0 radical (unpaired) electrons. The molecule has 0 heterocycles. The molecule has 0 heteroatoms. The average molecular weight is 379 g/mol. The molecule has 5 atom stereocenters. The van der Waals surface area contributed by atoms with E-state index in [1.54, 1.807) is 0 Å². The largest absolute Gasteiger partial charge is 0.103 e. The lowest BCUT2D eigenvalue weighted by Crippen LogP contribution is -2.33. The minimum Gasteiger partial charge on any atom is -0.103 e. The van der Waals surface area contributed by atoms with E-state index < -0.39 is 0 Å². The predicted octanol–water partition coefficient (Wildman–Crippen LogP) is 9.40. The van der Waals surface area contributed by atoms with Crippen molar-refractivity contribution in [2.45, 2.75) is 115 Å². The third-order valence-electron chi connectivity index (χ3n) is 8.21. The molecule has 5 unspecified atom stereocenters. The fourth-order valence-corrected chi connectivity index (χ4v) is 4.86. The van der Waals surface area contributed by atoms with Gasteiger partial charge >= 0.3 is 0 Å². The highest BCUT2D eigenvalue weighted by atomic mass is 14.4. The molecule has 0 nitrogen and oxygen atoms in total. The number of rotatable bonds is 14. The van der Waals surface area contributed by atoms with Crippen molar-refractivity contribution >= 4 is 0 Å². The van der Waals surface area contributed by atoms with Crippen LogP contribution in [0.1, 0.15) is 115 Å². The van der Waals surface area contributed by atoms with Crippen molar-refractivity contribution < 1.29 is 0 Å². The number of hydrogen-bond donors (Lipinski definition) is 0. The highest BCUT2D eigenvalue weighted by molar-refractivity contribution is 4.91. The van der Waals surface area contributed by atoms with Gasteiger partial charge in [0, 0.05) is 0 Å². The molecule has 0 aromatic carbocycles. The molecule has 0 rings (SSSR count). The first kappa shape index (κ1) is 26.7. The van der Waals surface area contributed by atoms with Crippen LogP contribution in [0.3, 0.4) is 0 Å². The second kappa shape index (κ2) is 11.7. The van der Waals surface area contributed by atoms with E-state index in [1.165, 1.54) is 38.5 Å². The fraction of sp³-hybridized carbons (Fsp3) is 0.926. The fourth-order valence-electron chi connectivity index (χ4n) is 4.86. The van der Waals surface area contributed by atoms with Crippen LogP contribution >= 0.6 is 0 Å². The van der Waals surface area contributed by atoms with Gasteiger partial charge in [0.1, 0.15) is 0 Å². The maximum atomic E-state index is 4.22. The summed E-state index contributed by atoms with van der Waals surface area (Å²) >= 11 is 0.